The zero-order valence-corrected chi connectivity index (χ0v) is 20.8. The van der Waals surface area contributed by atoms with E-state index in [1.54, 1.807) is 0 Å². The summed E-state index contributed by atoms with van der Waals surface area (Å²) in [5.41, 5.74) is 0. The summed E-state index contributed by atoms with van der Waals surface area (Å²) in [6.07, 6.45) is -12.5. The summed E-state index contributed by atoms with van der Waals surface area (Å²) >= 11 is 0. The van der Waals surface area contributed by atoms with Gasteiger partial charge in [-0.05, 0) is 44.4 Å². The van der Waals surface area contributed by atoms with Crippen LogP contribution < -0.4 is 0 Å². The second-order valence-electron chi connectivity index (χ2n) is 10.9. The van der Waals surface area contributed by atoms with E-state index < -0.39 is 104 Å². The fraction of sp³-hybridized carbons (Fsp3) is 0.917. The molecule has 4 aliphatic rings. The summed E-state index contributed by atoms with van der Waals surface area (Å²) in [6.45, 7) is -0.602. The van der Waals surface area contributed by atoms with E-state index in [2.05, 4.69) is 0 Å². The maximum atomic E-state index is 11.6. The van der Waals surface area contributed by atoms with Crippen molar-refractivity contribution < 1.29 is 69.4 Å². The van der Waals surface area contributed by atoms with E-state index in [9.17, 15) is 45.3 Å². The Morgan fingerprint density at radius 3 is 2.21 bits per heavy atom. The molecule has 0 spiro atoms. The van der Waals surface area contributed by atoms with Crippen molar-refractivity contribution in [2.24, 2.45) is 11.8 Å². The lowest BCUT2D eigenvalue weighted by Crippen LogP contribution is -2.62. The van der Waals surface area contributed by atoms with Crippen LogP contribution >= 0.6 is 0 Å². The van der Waals surface area contributed by atoms with E-state index in [0.29, 0.717) is 19.3 Å². The second-order valence-corrected chi connectivity index (χ2v) is 10.9. The molecule has 8 N–H and O–H groups in total. The minimum Gasteiger partial charge on any atom is -0.481 e. The number of hydrogen-bond donors (Lipinski definition) is 8. The van der Waals surface area contributed by atoms with Gasteiger partial charge in [0.25, 0.3) is 0 Å². The first kappa shape index (κ1) is 29.5. The van der Waals surface area contributed by atoms with Crippen LogP contribution in [0, 0.1) is 11.8 Å². The van der Waals surface area contributed by atoms with Gasteiger partial charge < -0.3 is 59.8 Å². The predicted octanol–water partition coefficient (Wildman–Crippen LogP) is -2.99. The van der Waals surface area contributed by atoms with Crippen LogP contribution in [0.1, 0.15) is 44.9 Å². The molecule has 14 nitrogen and oxygen atoms in total. The van der Waals surface area contributed by atoms with Crippen molar-refractivity contribution in [1.29, 1.82) is 0 Å². The van der Waals surface area contributed by atoms with E-state index >= 15 is 0 Å². The predicted molar refractivity (Wildman–Crippen MR) is 122 cm³/mol. The van der Waals surface area contributed by atoms with E-state index in [0.717, 1.165) is 0 Å². The molecule has 0 aromatic heterocycles. The van der Waals surface area contributed by atoms with Crippen molar-refractivity contribution in [2.45, 2.75) is 118 Å². The second kappa shape index (κ2) is 12.4. The lowest BCUT2D eigenvalue weighted by atomic mass is 9.72. The third-order valence-electron chi connectivity index (χ3n) is 8.16. The molecule has 2 aliphatic carbocycles. The minimum atomic E-state index is -1.74. The molecule has 0 aromatic rings. The topological polar surface area (TPSA) is 233 Å². The molecule has 0 radical (unpaired) electrons. The maximum Gasteiger partial charge on any atom is 0.317 e. The average Bonchev–Trinajstić information content (AvgIpc) is 2.84. The zero-order chi connectivity index (χ0) is 27.7. The third-order valence-corrected chi connectivity index (χ3v) is 8.16. The first-order valence-electron chi connectivity index (χ1n) is 13.0. The largest absolute Gasteiger partial charge is 0.481 e. The molecule has 14 unspecified atom stereocenters. The molecule has 2 saturated carbocycles. The number of ether oxygens (including phenoxy) is 4. The van der Waals surface area contributed by atoms with Gasteiger partial charge in [0.05, 0.1) is 42.7 Å². The Morgan fingerprint density at radius 2 is 1.53 bits per heavy atom. The van der Waals surface area contributed by atoms with Gasteiger partial charge in [-0.15, -0.1) is 0 Å². The summed E-state index contributed by atoms with van der Waals surface area (Å²) in [6, 6.07) is 0. The number of aliphatic hydroxyl groups is 7. The Morgan fingerprint density at radius 1 is 0.789 bits per heavy atom. The van der Waals surface area contributed by atoms with E-state index in [4.69, 9.17) is 24.1 Å². The highest BCUT2D eigenvalue weighted by molar-refractivity contribution is 5.90. The molecule has 2 aliphatic heterocycles. The number of carboxylic acid groups (broad SMARTS) is 1. The van der Waals surface area contributed by atoms with Crippen molar-refractivity contribution in [3.63, 3.8) is 0 Å². The van der Waals surface area contributed by atoms with E-state index in [-0.39, 0.29) is 25.2 Å². The SMILES string of the molecule is O=C(O)CC(=O)OCC1OC(OC2CC3C(O)CC(O)CC3OC2C2CCC(O)C(O)C2)C(O)C(O)C1O. The monoisotopic (exact) mass is 550 g/mol. The standard InChI is InChI=1S/C24H38O14/c25-10-4-13(27)11-6-16(23(36-15(11)5-10)9-1-2-12(26)14(28)3-9)37-24-22(34)21(33)20(32)17(38-24)8-35-19(31)7-18(29)30/h9-17,20-28,32-34H,1-8H2,(H,29,30). The van der Waals surface area contributed by atoms with Crippen LogP contribution in [0.5, 0.6) is 0 Å². The normalized spacial score (nSPS) is 47.7. The maximum absolute atomic E-state index is 11.6. The van der Waals surface area contributed by atoms with Crippen molar-refractivity contribution >= 4 is 11.9 Å². The van der Waals surface area contributed by atoms with Gasteiger partial charge in [-0.1, -0.05) is 0 Å². The Bertz CT molecular complexity index is 826. The summed E-state index contributed by atoms with van der Waals surface area (Å²) in [5, 5.41) is 81.1. The number of aliphatic hydroxyl groups excluding tert-OH is 7. The third kappa shape index (κ3) is 6.63. The molecular formula is C24H38O14. The number of esters is 1. The van der Waals surface area contributed by atoms with Crippen molar-refractivity contribution in [2.75, 3.05) is 6.61 Å². The molecular weight excluding hydrogens is 512 g/mol. The fourth-order valence-corrected chi connectivity index (χ4v) is 6.09. The van der Waals surface area contributed by atoms with Crippen LogP contribution in [-0.4, -0.2) is 133 Å². The van der Waals surface area contributed by atoms with E-state index in [1.165, 1.54) is 0 Å². The molecule has 4 fully saturated rings. The smallest absolute Gasteiger partial charge is 0.317 e. The first-order chi connectivity index (χ1) is 17.9. The van der Waals surface area contributed by atoms with Gasteiger partial charge in [0.2, 0.25) is 0 Å². The minimum absolute atomic E-state index is 0.160. The Balaban J connectivity index is 1.49. The lowest BCUT2D eigenvalue weighted by Gasteiger charge is -2.51. The molecule has 0 bridgehead atoms. The zero-order valence-electron chi connectivity index (χ0n) is 20.8. The fourth-order valence-electron chi connectivity index (χ4n) is 6.09. The van der Waals surface area contributed by atoms with Crippen LogP contribution in [0.2, 0.25) is 0 Å². The Kier molecular flexibility index (Phi) is 9.61. The van der Waals surface area contributed by atoms with Crippen molar-refractivity contribution in [3.05, 3.63) is 0 Å². The first-order valence-corrected chi connectivity index (χ1v) is 13.0. The Labute approximate surface area is 218 Å². The number of carbonyl (C=O) groups is 2. The number of carboxylic acids is 1. The highest BCUT2D eigenvalue weighted by atomic mass is 16.7. The summed E-state index contributed by atoms with van der Waals surface area (Å²) in [5.74, 6) is -3.15. The van der Waals surface area contributed by atoms with Crippen LogP contribution in [0.15, 0.2) is 0 Å². The summed E-state index contributed by atoms with van der Waals surface area (Å²) in [4.78, 5) is 22.3. The molecule has 0 amide bonds. The number of aliphatic carboxylic acids is 1. The van der Waals surface area contributed by atoms with Crippen LogP contribution in [0.25, 0.3) is 0 Å². The van der Waals surface area contributed by atoms with Crippen molar-refractivity contribution in [3.8, 4) is 0 Å². The molecule has 14 atom stereocenters. The van der Waals surface area contributed by atoms with Crippen LogP contribution in [0.4, 0.5) is 0 Å². The van der Waals surface area contributed by atoms with Gasteiger partial charge in [-0.25, -0.2) is 0 Å². The van der Waals surface area contributed by atoms with Gasteiger partial charge in [0.1, 0.15) is 37.4 Å². The number of carbonyl (C=O) groups excluding carboxylic acids is 1. The highest BCUT2D eigenvalue weighted by Crippen LogP contribution is 2.43. The molecule has 4 rings (SSSR count). The van der Waals surface area contributed by atoms with Gasteiger partial charge in [0, 0.05) is 5.92 Å². The van der Waals surface area contributed by atoms with Crippen molar-refractivity contribution in [1.82, 2.24) is 0 Å². The molecule has 0 aromatic carbocycles. The van der Waals surface area contributed by atoms with Gasteiger partial charge >= 0.3 is 11.9 Å². The number of hydrogen-bond acceptors (Lipinski definition) is 13. The average molecular weight is 551 g/mol. The number of rotatable bonds is 7. The van der Waals surface area contributed by atoms with Gasteiger partial charge in [-0.2, -0.15) is 0 Å². The van der Waals surface area contributed by atoms with Gasteiger partial charge in [-0.3, -0.25) is 9.59 Å². The summed E-state index contributed by atoms with van der Waals surface area (Å²) in [7, 11) is 0. The van der Waals surface area contributed by atoms with E-state index in [1.807, 2.05) is 0 Å². The molecule has 2 saturated heterocycles. The molecule has 218 valence electrons. The quantitative estimate of drug-likeness (QED) is 0.117. The lowest BCUT2D eigenvalue weighted by molar-refractivity contribution is -0.333. The van der Waals surface area contributed by atoms with Crippen LogP contribution in [0.3, 0.4) is 0 Å². The highest BCUT2D eigenvalue weighted by Gasteiger charge is 2.52. The Hall–Kier alpha value is -1.46. The van der Waals surface area contributed by atoms with Crippen LogP contribution in [-0.2, 0) is 28.5 Å². The summed E-state index contributed by atoms with van der Waals surface area (Å²) < 4.78 is 22.9. The van der Waals surface area contributed by atoms with Gasteiger partial charge in [0.15, 0.2) is 6.29 Å². The molecule has 14 heteroatoms. The molecule has 38 heavy (non-hydrogen) atoms. The number of fused-ring (bicyclic) bond motifs is 1. The molecule has 2 heterocycles.